The Morgan fingerprint density at radius 2 is 2.22 bits per heavy atom. The maximum Gasteiger partial charge on any atom is 0.0452 e. The molecule has 0 aromatic rings. The molecule has 52 valence electrons. The van der Waals surface area contributed by atoms with Crippen LogP contribution in [0.3, 0.4) is 0 Å². The normalized spacial score (nSPS) is 11.0. The van der Waals surface area contributed by atoms with Crippen LogP contribution in [0, 0.1) is 5.92 Å². The van der Waals surface area contributed by atoms with Crippen molar-refractivity contribution in [1.82, 2.24) is 0 Å². The summed E-state index contributed by atoms with van der Waals surface area (Å²) >= 11 is 0. The van der Waals surface area contributed by atoms with E-state index in [0.717, 1.165) is 0 Å². The van der Waals surface area contributed by atoms with Crippen LogP contribution in [0.15, 0.2) is 12.2 Å². The van der Waals surface area contributed by atoms with Gasteiger partial charge in [-0.1, -0.05) is 26.0 Å². The van der Waals surface area contributed by atoms with E-state index in [-0.39, 0.29) is 6.42 Å². The van der Waals surface area contributed by atoms with Gasteiger partial charge in [-0.3, -0.25) is 0 Å². The maximum absolute atomic E-state index is 9.82. The molecule has 0 aliphatic rings. The third-order valence-corrected chi connectivity index (χ3v) is 0.806. The maximum atomic E-state index is 9.82. The molecular formula is C7H11O2-. The molecule has 0 rings (SSSR count). The van der Waals surface area contributed by atoms with Crippen molar-refractivity contribution in [2.45, 2.75) is 20.3 Å². The molecule has 0 aromatic heterocycles. The fourth-order valence-electron chi connectivity index (χ4n) is 0.436. The van der Waals surface area contributed by atoms with Crippen LogP contribution in [-0.2, 0) is 4.79 Å². The van der Waals surface area contributed by atoms with Crippen molar-refractivity contribution < 1.29 is 9.90 Å². The summed E-state index contributed by atoms with van der Waals surface area (Å²) in [6.07, 6.45) is 3.48. The van der Waals surface area contributed by atoms with Gasteiger partial charge in [-0.2, -0.15) is 0 Å². The predicted octanol–water partition coefficient (Wildman–Crippen LogP) is 0.339. The van der Waals surface area contributed by atoms with E-state index in [0.29, 0.717) is 5.92 Å². The Morgan fingerprint density at radius 3 is 2.56 bits per heavy atom. The second-order valence-corrected chi connectivity index (χ2v) is 2.25. The van der Waals surface area contributed by atoms with Gasteiger partial charge in [-0.25, -0.2) is 0 Å². The van der Waals surface area contributed by atoms with Crippen LogP contribution in [0.1, 0.15) is 20.3 Å². The van der Waals surface area contributed by atoms with E-state index in [2.05, 4.69) is 0 Å². The Kier molecular flexibility index (Phi) is 3.76. The lowest BCUT2D eigenvalue weighted by atomic mass is 10.2. The number of hydrogen-bond donors (Lipinski definition) is 0. The van der Waals surface area contributed by atoms with Gasteiger partial charge in [-0.05, 0) is 5.92 Å². The third kappa shape index (κ3) is 7.21. The monoisotopic (exact) mass is 127 g/mol. The minimum absolute atomic E-state index is 0.0260. The van der Waals surface area contributed by atoms with E-state index in [1.54, 1.807) is 6.08 Å². The topological polar surface area (TPSA) is 40.1 Å². The van der Waals surface area contributed by atoms with Crippen LogP contribution in [0.2, 0.25) is 0 Å². The molecule has 0 aliphatic heterocycles. The Morgan fingerprint density at radius 1 is 1.67 bits per heavy atom. The summed E-state index contributed by atoms with van der Waals surface area (Å²) in [6.45, 7) is 3.98. The molecular weight excluding hydrogens is 116 g/mol. The van der Waals surface area contributed by atoms with Crippen LogP contribution < -0.4 is 5.11 Å². The zero-order valence-corrected chi connectivity index (χ0v) is 5.76. The first-order valence-corrected chi connectivity index (χ1v) is 2.99. The fourth-order valence-corrected chi connectivity index (χ4v) is 0.436. The number of carbonyl (C=O) groups is 1. The SMILES string of the molecule is CC(C)/C=C/CC(=O)[O-]. The highest BCUT2D eigenvalue weighted by atomic mass is 16.4. The van der Waals surface area contributed by atoms with E-state index in [9.17, 15) is 9.90 Å². The molecule has 0 unspecified atom stereocenters. The van der Waals surface area contributed by atoms with Crippen LogP contribution >= 0.6 is 0 Å². The van der Waals surface area contributed by atoms with Crippen molar-refractivity contribution in [3.8, 4) is 0 Å². The summed E-state index contributed by atoms with van der Waals surface area (Å²) in [5, 5.41) is 9.82. The number of rotatable bonds is 3. The van der Waals surface area contributed by atoms with E-state index in [1.165, 1.54) is 0 Å². The minimum atomic E-state index is -1.02. The van der Waals surface area contributed by atoms with Crippen molar-refractivity contribution in [3.63, 3.8) is 0 Å². The molecule has 0 radical (unpaired) electrons. The zero-order chi connectivity index (χ0) is 7.28. The molecule has 0 aliphatic carbocycles. The standard InChI is InChI=1S/C7H12O2/c1-6(2)4-3-5-7(8)9/h3-4,6H,5H2,1-2H3,(H,8,9)/p-1/b4-3+. The number of allylic oxidation sites excluding steroid dienone is 1. The molecule has 0 saturated heterocycles. The quantitative estimate of drug-likeness (QED) is 0.513. The molecule has 0 spiro atoms. The molecule has 2 heteroatoms. The highest BCUT2D eigenvalue weighted by Crippen LogP contribution is 1.93. The predicted molar refractivity (Wildman–Crippen MR) is 33.6 cm³/mol. The molecule has 2 nitrogen and oxygen atoms in total. The van der Waals surface area contributed by atoms with Crippen LogP contribution in [0.4, 0.5) is 0 Å². The molecule has 0 bridgehead atoms. The molecule has 0 N–H and O–H groups in total. The molecule has 0 saturated carbocycles. The Balaban J connectivity index is 3.36. The largest absolute Gasteiger partial charge is 0.550 e. The number of aliphatic carboxylic acids is 1. The highest BCUT2D eigenvalue weighted by molar-refractivity contribution is 5.66. The first kappa shape index (κ1) is 8.21. The molecule has 0 amide bonds. The number of carbonyl (C=O) groups excluding carboxylic acids is 1. The van der Waals surface area contributed by atoms with Crippen molar-refractivity contribution in [2.75, 3.05) is 0 Å². The minimum Gasteiger partial charge on any atom is -0.550 e. The second-order valence-electron chi connectivity index (χ2n) is 2.25. The smallest absolute Gasteiger partial charge is 0.0452 e. The summed E-state index contributed by atoms with van der Waals surface area (Å²) in [4.78, 5) is 9.82. The molecule has 0 heterocycles. The van der Waals surface area contributed by atoms with Crippen LogP contribution in [0.5, 0.6) is 0 Å². The zero-order valence-electron chi connectivity index (χ0n) is 5.76. The summed E-state index contributed by atoms with van der Waals surface area (Å²) in [5.41, 5.74) is 0. The van der Waals surface area contributed by atoms with Crippen LogP contribution in [-0.4, -0.2) is 5.97 Å². The first-order chi connectivity index (χ1) is 4.13. The number of hydrogen-bond acceptors (Lipinski definition) is 2. The van der Waals surface area contributed by atoms with E-state index < -0.39 is 5.97 Å². The van der Waals surface area contributed by atoms with Gasteiger partial charge in [0, 0.05) is 12.4 Å². The van der Waals surface area contributed by atoms with Gasteiger partial charge in [0.1, 0.15) is 0 Å². The summed E-state index contributed by atoms with van der Waals surface area (Å²) < 4.78 is 0. The van der Waals surface area contributed by atoms with E-state index in [1.807, 2.05) is 19.9 Å². The Bertz CT molecular complexity index is 114. The van der Waals surface area contributed by atoms with Crippen molar-refractivity contribution >= 4 is 5.97 Å². The number of carboxylic acids is 1. The van der Waals surface area contributed by atoms with Crippen molar-refractivity contribution in [3.05, 3.63) is 12.2 Å². The van der Waals surface area contributed by atoms with Crippen molar-refractivity contribution in [1.29, 1.82) is 0 Å². The van der Waals surface area contributed by atoms with Gasteiger partial charge < -0.3 is 9.90 Å². The summed E-state index contributed by atoms with van der Waals surface area (Å²) in [6, 6.07) is 0. The Labute approximate surface area is 55.2 Å². The molecule has 0 aromatic carbocycles. The lowest BCUT2D eigenvalue weighted by molar-refractivity contribution is -0.304. The second kappa shape index (κ2) is 4.13. The lowest BCUT2D eigenvalue weighted by Gasteiger charge is -1.95. The highest BCUT2D eigenvalue weighted by Gasteiger charge is 1.82. The Hall–Kier alpha value is -0.790. The molecule has 0 atom stereocenters. The van der Waals surface area contributed by atoms with E-state index in [4.69, 9.17) is 0 Å². The van der Waals surface area contributed by atoms with Gasteiger partial charge in [0.05, 0.1) is 0 Å². The van der Waals surface area contributed by atoms with Crippen LogP contribution in [0.25, 0.3) is 0 Å². The molecule has 9 heavy (non-hydrogen) atoms. The van der Waals surface area contributed by atoms with Gasteiger partial charge in [0.15, 0.2) is 0 Å². The third-order valence-electron chi connectivity index (χ3n) is 0.806. The van der Waals surface area contributed by atoms with Gasteiger partial charge in [-0.15, -0.1) is 0 Å². The summed E-state index contributed by atoms with van der Waals surface area (Å²) in [5.74, 6) is -0.601. The summed E-state index contributed by atoms with van der Waals surface area (Å²) in [7, 11) is 0. The average Bonchev–Trinajstić information content (AvgIpc) is 1.63. The number of carboxylic acid groups (broad SMARTS) is 1. The van der Waals surface area contributed by atoms with Gasteiger partial charge in [0.2, 0.25) is 0 Å². The fraction of sp³-hybridized carbons (Fsp3) is 0.571. The average molecular weight is 127 g/mol. The van der Waals surface area contributed by atoms with Crippen molar-refractivity contribution in [2.24, 2.45) is 5.92 Å². The van der Waals surface area contributed by atoms with Gasteiger partial charge in [0.25, 0.3) is 0 Å². The van der Waals surface area contributed by atoms with E-state index >= 15 is 0 Å². The lowest BCUT2D eigenvalue weighted by Crippen LogP contribution is -2.20. The van der Waals surface area contributed by atoms with Gasteiger partial charge >= 0.3 is 0 Å². The molecule has 0 fully saturated rings. The first-order valence-electron chi connectivity index (χ1n) is 2.99.